The monoisotopic (exact) mass is 253 g/mol. The van der Waals surface area contributed by atoms with E-state index in [1.54, 1.807) is 24.3 Å². The highest BCUT2D eigenvalue weighted by molar-refractivity contribution is 5.95. The third-order valence-electron chi connectivity index (χ3n) is 3.49. The summed E-state index contributed by atoms with van der Waals surface area (Å²) < 4.78 is 0. The first-order valence-electron chi connectivity index (χ1n) is 6.39. The van der Waals surface area contributed by atoms with Crippen molar-refractivity contribution in [2.24, 2.45) is 5.92 Å². The first-order chi connectivity index (χ1) is 9.24. The van der Waals surface area contributed by atoms with Crippen LogP contribution in [0, 0.1) is 5.92 Å². The number of aromatic hydroxyl groups is 1. The minimum atomic E-state index is 0.0551. The Labute approximate surface area is 111 Å². The summed E-state index contributed by atoms with van der Waals surface area (Å²) >= 11 is 0. The van der Waals surface area contributed by atoms with Gasteiger partial charge in [0.05, 0.1) is 0 Å². The second-order valence-corrected chi connectivity index (χ2v) is 4.90. The first-order valence-corrected chi connectivity index (χ1v) is 6.39. The normalized spacial score (nSPS) is 20.8. The Balaban J connectivity index is 1.63. The topological polar surface area (TPSA) is 49.3 Å². The minimum Gasteiger partial charge on any atom is -0.508 e. The summed E-state index contributed by atoms with van der Waals surface area (Å²) in [5, 5.41) is 12.1. The molecule has 1 aliphatic rings. The van der Waals surface area contributed by atoms with E-state index in [1.807, 2.05) is 18.2 Å². The van der Waals surface area contributed by atoms with Gasteiger partial charge in [-0.2, -0.15) is 0 Å². The van der Waals surface area contributed by atoms with Crippen molar-refractivity contribution in [1.82, 2.24) is 0 Å². The third-order valence-corrected chi connectivity index (χ3v) is 3.49. The Hall–Kier alpha value is -2.29. The summed E-state index contributed by atoms with van der Waals surface area (Å²) in [5.41, 5.74) is 1.95. The maximum absolute atomic E-state index is 12.1. The van der Waals surface area contributed by atoms with Crippen molar-refractivity contribution in [2.45, 2.75) is 12.3 Å². The lowest BCUT2D eigenvalue weighted by Crippen LogP contribution is -2.14. The van der Waals surface area contributed by atoms with Crippen LogP contribution in [0.5, 0.6) is 5.75 Å². The van der Waals surface area contributed by atoms with Crippen molar-refractivity contribution in [3.63, 3.8) is 0 Å². The van der Waals surface area contributed by atoms with Gasteiger partial charge >= 0.3 is 0 Å². The quantitative estimate of drug-likeness (QED) is 0.826. The SMILES string of the molecule is O=C(Nc1ccc(O)cc1)C1CC1c1ccccc1. The van der Waals surface area contributed by atoms with E-state index in [-0.39, 0.29) is 17.6 Å². The molecule has 0 heterocycles. The van der Waals surface area contributed by atoms with Crippen LogP contribution < -0.4 is 5.32 Å². The number of carbonyl (C=O) groups is 1. The number of nitrogens with one attached hydrogen (secondary N) is 1. The van der Waals surface area contributed by atoms with Crippen LogP contribution in [0.3, 0.4) is 0 Å². The number of hydrogen-bond donors (Lipinski definition) is 2. The molecule has 2 aromatic carbocycles. The Morgan fingerprint density at radius 3 is 2.42 bits per heavy atom. The Kier molecular flexibility index (Phi) is 2.95. The molecule has 2 atom stereocenters. The van der Waals surface area contributed by atoms with Crippen molar-refractivity contribution < 1.29 is 9.90 Å². The van der Waals surface area contributed by atoms with Crippen LogP contribution >= 0.6 is 0 Å². The van der Waals surface area contributed by atoms with Crippen molar-refractivity contribution >= 4 is 11.6 Å². The standard InChI is InChI=1S/C16H15NO2/c18-13-8-6-12(7-9-13)17-16(19)15-10-14(15)11-4-2-1-3-5-11/h1-9,14-15,18H,10H2,(H,17,19). The average molecular weight is 253 g/mol. The third kappa shape index (κ3) is 2.60. The Morgan fingerprint density at radius 1 is 1.05 bits per heavy atom. The molecule has 0 bridgehead atoms. The molecule has 19 heavy (non-hydrogen) atoms. The molecule has 3 rings (SSSR count). The zero-order valence-electron chi connectivity index (χ0n) is 10.4. The van der Waals surface area contributed by atoms with E-state index >= 15 is 0 Å². The van der Waals surface area contributed by atoms with E-state index in [1.165, 1.54) is 5.56 Å². The van der Waals surface area contributed by atoms with Crippen LogP contribution in [0.15, 0.2) is 54.6 Å². The average Bonchev–Trinajstić information content (AvgIpc) is 3.23. The molecule has 3 nitrogen and oxygen atoms in total. The van der Waals surface area contributed by atoms with E-state index in [0.29, 0.717) is 5.92 Å². The van der Waals surface area contributed by atoms with Crippen LogP contribution in [-0.4, -0.2) is 11.0 Å². The lowest BCUT2D eigenvalue weighted by molar-refractivity contribution is -0.117. The highest BCUT2D eigenvalue weighted by atomic mass is 16.3. The fourth-order valence-electron chi connectivity index (χ4n) is 2.33. The number of phenols is 1. The van der Waals surface area contributed by atoms with Crippen LogP contribution in [0.1, 0.15) is 17.9 Å². The molecule has 1 saturated carbocycles. The number of anilines is 1. The second kappa shape index (κ2) is 4.76. The number of hydrogen-bond acceptors (Lipinski definition) is 2. The van der Waals surface area contributed by atoms with Gasteiger partial charge in [-0.05, 0) is 42.2 Å². The number of carbonyl (C=O) groups excluding carboxylic acids is 1. The van der Waals surface area contributed by atoms with Crippen molar-refractivity contribution in [3.05, 3.63) is 60.2 Å². The van der Waals surface area contributed by atoms with Gasteiger partial charge in [0, 0.05) is 11.6 Å². The van der Waals surface area contributed by atoms with E-state index in [0.717, 1.165) is 12.1 Å². The minimum absolute atomic E-state index is 0.0551. The summed E-state index contributed by atoms with van der Waals surface area (Å²) in [6, 6.07) is 16.7. The molecular weight excluding hydrogens is 238 g/mol. The molecule has 1 aliphatic carbocycles. The molecule has 0 aromatic heterocycles. The number of amides is 1. The molecule has 2 aromatic rings. The summed E-state index contributed by atoms with van der Waals surface area (Å²) in [6.07, 6.45) is 0.911. The van der Waals surface area contributed by atoms with Crippen LogP contribution in [0.2, 0.25) is 0 Å². The van der Waals surface area contributed by atoms with E-state index < -0.39 is 0 Å². The number of phenolic OH excluding ortho intramolecular Hbond substituents is 1. The van der Waals surface area contributed by atoms with Crippen LogP contribution in [0.4, 0.5) is 5.69 Å². The smallest absolute Gasteiger partial charge is 0.228 e. The highest BCUT2D eigenvalue weighted by Crippen LogP contribution is 2.47. The number of benzene rings is 2. The fraction of sp³-hybridized carbons (Fsp3) is 0.188. The fourth-order valence-corrected chi connectivity index (χ4v) is 2.33. The van der Waals surface area contributed by atoms with Gasteiger partial charge in [0.2, 0.25) is 5.91 Å². The van der Waals surface area contributed by atoms with Gasteiger partial charge in [0.25, 0.3) is 0 Å². The maximum atomic E-state index is 12.1. The molecule has 3 heteroatoms. The highest BCUT2D eigenvalue weighted by Gasteiger charge is 2.43. The van der Waals surface area contributed by atoms with Crippen molar-refractivity contribution in [1.29, 1.82) is 0 Å². The largest absolute Gasteiger partial charge is 0.508 e. The van der Waals surface area contributed by atoms with Crippen LogP contribution in [-0.2, 0) is 4.79 Å². The van der Waals surface area contributed by atoms with Gasteiger partial charge in [-0.3, -0.25) is 4.79 Å². The molecule has 0 radical (unpaired) electrons. The molecule has 2 N–H and O–H groups in total. The van der Waals surface area contributed by atoms with Gasteiger partial charge in [-0.1, -0.05) is 30.3 Å². The Morgan fingerprint density at radius 2 is 1.74 bits per heavy atom. The van der Waals surface area contributed by atoms with Crippen molar-refractivity contribution in [2.75, 3.05) is 5.32 Å². The molecule has 1 amide bonds. The molecule has 96 valence electrons. The van der Waals surface area contributed by atoms with Gasteiger partial charge in [-0.25, -0.2) is 0 Å². The van der Waals surface area contributed by atoms with Gasteiger partial charge < -0.3 is 10.4 Å². The summed E-state index contributed by atoms with van der Waals surface area (Å²) in [5.74, 6) is 0.667. The zero-order chi connectivity index (χ0) is 13.2. The molecular formula is C16H15NO2. The molecule has 0 spiro atoms. The summed E-state index contributed by atoms with van der Waals surface area (Å²) in [4.78, 5) is 12.1. The van der Waals surface area contributed by atoms with E-state index in [4.69, 9.17) is 0 Å². The molecule has 0 saturated heterocycles. The lowest BCUT2D eigenvalue weighted by atomic mass is 10.1. The predicted octanol–water partition coefficient (Wildman–Crippen LogP) is 3.13. The van der Waals surface area contributed by atoms with Gasteiger partial charge in [-0.15, -0.1) is 0 Å². The summed E-state index contributed by atoms with van der Waals surface area (Å²) in [7, 11) is 0. The summed E-state index contributed by atoms with van der Waals surface area (Å²) in [6.45, 7) is 0. The molecule has 1 fully saturated rings. The van der Waals surface area contributed by atoms with E-state index in [2.05, 4.69) is 17.4 Å². The zero-order valence-corrected chi connectivity index (χ0v) is 10.4. The Bertz CT molecular complexity index is 577. The second-order valence-electron chi connectivity index (χ2n) is 4.90. The van der Waals surface area contributed by atoms with Crippen molar-refractivity contribution in [3.8, 4) is 5.75 Å². The maximum Gasteiger partial charge on any atom is 0.228 e. The number of rotatable bonds is 3. The van der Waals surface area contributed by atoms with E-state index in [9.17, 15) is 9.90 Å². The first kappa shape index (κ1) is 11.8. The predicted molar refractivity (Wildman–Crippen MR) is 74.0 cm³/mol. The molecule has 2 unspecified atom stereocenters. The molecule has 0 aliphatic heterocycles. The van der Waals surface area contributed by atoms with Gasteiger partial charge in [0.1, 0.15) is 5.75 Å². The lowest BCUT2D eigenvalue weighted by Gasteiger charge is -2.05. The van der Waals surface area contributed by atoms with Crippen LogP contribution in [0.25, 0.3) is 0 Å². The van der Waals surface area contributed by atoms with Gasteiger partial charge in [0.15, 0.2) is 0 Å².